The Morgan fingerprint density at radius 1 is 1.08 bits per heavy atom. The normalized spacial score (nSPS) is 22.4. The van der Waals surface area contributed by atoms with E-state index >= 15 is 0 Å². The van der Waals surface area contributed by atoms with Crippen molar-refractivity contribution in [3.05, 3.63) is 35.2 Å². The van der Waals surface area contributed by atoms with Gasteiger partial charge in [0.15, 0.2) is 11.6 Å². The molecule has 2 bridgehead atoms. The Morgan fingerprint density at radius 3 is 2.47 bits per heavy atom. The van der Waals surface area contributed by atoms with Crippen molar-refractivity contribution in [2.45, 2.75) is 31.6 Å². The number of carbonyl (C=O) groups excluding carboxylic acids is 1. The van der Waals surface area contributed by atoms with E-state index in [1.165, 1.54) is 4.88 Å². The summed E-state index contributed by atoms with van der Waals surface area (Å²) in [6.45, 7) is 7.10. The van der Waals surface area contributed by atoms with Crippen LogP contribution in [0.3, 0.4) is 0 Å². The van der Waals surface area contributed by atoms with Crippen LogP contribution in [0.2, 0.25) is 0 Å². The van der Waals surface area contributed by atoms with Crippen LogP contribution in [0, 0.1) is 0 Å². The molecule has 2 N–H and O–H groups in total. The smallest absolute Gasteiger partial charge is 0.333 e. The number of thiophene rings is 1. The second-order valence-electron chi connectivity index (χ2n) is 10.8. The van der Waals surface area contributed by atoms with Crippen LogP contribution >= 0.6 is 11.3 Å². The van der Waals surface area contributed by atoms with Gasteiger partial charge in [0.05, 0.1) is 22.4 Å². The highest BCUT2D eigenvalue weighted by Gasteiger charge is 2.35. The lowest BCUT2D eigenvalue weighted by molar-refractivity contribution is 0.0303. The van der Waals surface area contributed by atoms with Crippen LogP contribution in [0.1, 0.15) is 17.7 Å². The van der Waals surface area contributed by atoms with Crippen molar-refractivity contribution in [1.29, 1.82) is 0 Å². The predicted octanol–water partition coefficient (Wildman–Crippen LogP) is 3.07. The molecule has 2 atom stereocenters. The lowest BCUT2D eigenvalue weighted by Gasteiger charge is -2.33. The van der Waals surface area contributed by atoms with Crippen LogP contribution in [0.5, 0.6) is 0 Å². The summed E-state index contributed by atoms with van der Waals surface area (Å²) in [5.41, 5.74) is 5.33. The first-order valence-electron chi connectivity index (χ1n) is 13.4. The zero-order valence-electron chi connectivity index (χ0n) is 22.3. The SMILES string of the molecule is CN1CCN(Cc2cc3nc(-c4ccc(NC(=O)NN(C)C)cc4)nc(N4CC5CCC(C4)O5)c3s2)CC1. The van der Waals surface area contributed by atoms with Crippen molar-refractivity contribution < 1.29 is 9.53 Å². The molecule has 0 aliphatic carbocycles. The number of hydrogen-bond acceptors (Lipinski definition) is 9. The molecular formula is C27H36N8O2S. The molecule has 3 aromatic rings. The van der Waals surface area contributed by atoms with Gasteiger partial charge in [0, 0.05) is 76.0 Å². The minimum absolute atomic E-state index is 0.282. The van der Waals surface area contributed by atoms with Crippen molar-refractivity contribution in [3.63, 3.8) is 0 Å². The number of carbonyl (C=O) groups is 1. The number of hydrazine groups is 1. The molecule has 2 unspecified atom stereocenters. The number of ether oxygens (including phenoxy) is 1. The van der Waals surface area contributed by atoms with E-state index in [1.807, 2.05) is 35.6 Å². The summed E-state index contributed by atoms with van der Waals surface area (Å²) in [4.78, 5) is 30.9. The number of hydrogen-bond donors (Lipinski definition) is 2. The maximum absolute atomic E-state index is 12.1. The third-order valence-electron chi connectivity index (χ3n) is 7.45. The topological polar surface area (TPSA) is 89.1 Å². The standard InChI is InChI=1S/C27H36N8O2S/c1-32(2)31-27(36)28-19-6-4-18(5-7-19)25-29-23-14-22(17-34-12-10-33(3)11-13-34)38-24(23)26(30-25)35-15-20-8-9-21(16-35)37-20/h4-7,14,20-21H,8-13,15-17H2,1-3H3,(H2,28,31,36). The Morgan fingerprint density at radius 2 is 1.79 bits per heavy atom. The van der Waals surface area contributed by atoms with Crippen LogP contribution in [-0.4, -0.2) is 103 Å². The molecule has 202 valence electrons. The third kappa shape index (κ3) is 5.62. The molecule has 3 aliphatic rings. The molecule has 3 saturated heterocycles. The fourth-order valence-electron chi connectivity index (χ4n) is 5.46. The number of morpholine rings is 1. The average molecular weight is 537 g/mol. The average Bonchev–Trinajstić information content (AvgIpc) is 3.45. The van der Waals surface area contributed by atoms with Gasteiger partial charge in [-0.15, -0.1) is 11.3 Å². The summed E-state index contributed by atoms with van der Waals surface area (Å²) in [6.07, 6.45) is 2.81. The van der Waals surface area contributed by atoms with E-state index in [0.29, 0.717) is 11.5 Å². The maximum atomic E-state index is 12.1. The van der Waals surface area contributed by atoms with E-state index in [1.54, 1.807) is 19.1 Å². The minimum atomic E-state index is -0.282. The number of aromatic nitrogens is 2. The van der Waals surface area contributed by atoms with Gasteiger partial charge in [0.1, 0.15) is 0 Å². The Bertz CT molecular complexity index is 1280. The fourth-order valence-corrected chi connectivity index (χ4v) is 6.62. The highest BCUT2D eigenvalue weighted by molar-refractivity contribution is 7.19. The Labute approximate surface area is 227 Å². The number of piperazine rings is 1. The lowest BCUT2D eigenvalue weighted by atomic mass is 10.2. The zero-order chi connectivity index (χ0) is 26.2. The van der Waals surface area contributed by atoms with Gasteiger partial charge in [0.25, 0.3) is 0 Å². The summed E-state index contributed by atoms with van der Waals surface area (Å²) < 4.78 is 7.29. The van der Waals surface area contributed by atoms with Gasteiger partial charge in [-0.1, -0.05) is 0 Å². The van der Waals surface area contributed by atoms with Gasteiger partial charge in [-0.25, -0.2) is 19.8 Å². The molecule has 0 radical (unpaired) electrons. The molecule has 3 fully saturated rings. The third-order valence-corrected chi connectivity index (χ3v) is 8.55. The van der Waals surface area contributed by atoms with Crippen LogP contribution in [0.25, 0.3) is 21.6 Å². The molecule has 6 rings (SSSR count). The van der Waals surface area contributed by atoms with E-state index in [4.69, 9.17) is 14.7 Å². The summed E-state index contributed by atoms with van der Waals surface area (Å²) in [7, 11) is 5.74. The maximum Gasteiger partial charge on any atom is 0.333 e. The fraction of sp³-hybridized carbons (Fsp3) is 0.519. The van der Waals surface area contributed by atoms with Crippen molar-refractivity contribution in [1.82, 2.24) is 30.2 Å². The molecule has 2 aromatic heterocycles. The number of nitrogens with one attached hydrogen (secondary N) is 2. The number of benzene rings is 1. The first kappa shape index (κ1) is 25.4. The molecule has 0 saturated carbocycles. The zero-order valence-corrected chi connectivity index (χ0v) is 23.1. The van der Waals surface area contributed by atoms with E-state index < -0.39 is 0 Å². The first-order valence-corrected chi connectivity index (χ1v) is 14.2. The molecule has 3 aliphatic heterocycles. The molecule has 10 nitrogen and oxygen atoms in total. The second kappa shape index (κ2) is 10.7. The highest BCUT2D eigenvalue weighted by atomic mass is 32.1. The van der Waals surface area contributed by atoms with Gasteiger partial charge in [-0.2, -0.15) is 0 Å². The number of fused-ring (bicyclic) bond motifs is 3. The van der Waals surface area contributed by atoms with Crippen LogP contribution in [0.15, 0.2) is 30.3 Å². The lowest BCUT2D eigenvalue weighted by Crippen LogP contribution is -2.43. The Kier molecular flexibility index (Phi) is 7.19. The first-order chi connectivity index (χ1) is 18.4. The summed E-state index contributed by atoms with van der Waals surface area (Å²) in [6, 6.07) is 9.69. The number of rotatable bonds is 6. The number of anilines is 2. The summed E-state index contributed by atoms with van der Waals surface area (Å²) in [5.74, 6) is 1.73. The molecule has 0 spiro atoms. The number of nitrogens with zero attached hydrogens (tertiary/aromatic N) is 6. The van der Waals surface area contributed by atoms with Crippen molar-refractivity contribution in [2.24, 2.45) is 0 Å². The van der Waals surface area contributed by atoms with Gasteiger partial charge in [-0.05, 0) is 50.2 Å². The largest absolute Gasteiger partial charge is 0.371 e. The summed E-state index contributed by atoms with van der Waals surface area (Å²) in [5, 5.41) is 4.45. The van der Waals surface area contributed by atoms with Crippen molar-refractivity contribution in [2.75, 3.05) is 70.6 Å². The number of urea groups is 1. The minimum Gasteiger partial charge on any atom is -0.371 e. The van der Waals surface area contributed by atoms with Gasteiger partial charge in [0.2, 0.25) is 0 Å². The van der Waals surface area contributed by atoms with E-state index in [-0.39, 0.29) is 18.2 Å². The van der Waals surface area contributed by atoms with Crippen LogP contribution in [0.4, 0.5) is 16.3 Å². The Balaban J connectivity index is 1.30. The predicted molar refractivity (Wildman–Crippen MR) is 152 cm³/mol. The highest BCUT2D eigenvalue weighted by Crippen LogP contribution is 2.38. The number of likely N-dealkylation sites (N-methyl/N-ethyl adjacent to an activating group) is 1. The number of amides is 2. The van der Waals surface area contributed by atoms with Crippen molar-refractivity contribution >= 4 is 39.1 Å². The monoisotopic (exact) mass is 536 g/mol. The Hall–Kier alpha value is -2.83. The quantitative estimate of drug-likeness (QED) is 0.465. The van der Waals surface area contributed by atoms with Crippen LogP contribution in [-0.2, 0) is 11.3 Å². The van der Waals surface area contributed by atoms with E-state index in [9.17, 15) is 4.79 Å². The molecule has 38 heavy (non-hydrogen) atoms. The molecule has 1 aromatic carbocycles. The van der Waals surface area contributed by atoms with Crippen LogP contribution < -0.4 is 15.6 Å². The van der Waals surface area contributed by atoms with Gasteiger partial charge < -0.3 is 19.9 Å². The summed E-state index contributed by atoms with van der Waals surface area (Å²) >= 11 is 1.83. The van der Waals surface area contributed by atoms with E-state index in [0.717, 1.165) is 80.3 Å². The molecule has 2 amide bonds. The molecular weight excluding hydrogens is 500 g/mol. The second-order valence-corrected chi connectivity index (χ2v) is 11.9. The van der Waals surface area contributed by atoms with Gasteiger partial charge in [-0.3, -0.25) is 10.3 Å². The molecule has 11 heteroatoms. The van der Waals surface area contributed by atoms with E-state index in [2.05, 4.69) is 38.6 Å². The van der Waals surface area contributed by atoms with Crippen molar-refractivity contribution in [3.8, 4) is 11.4 Å². The molecule has 5 heterocycles. The van der Waals surface area contributed by atoms with Gasteiger partial charge >= 0.3 is 6.03 Å².